The van der Waals surface area contributed by atoms with Crippen LogP contribution in [0.2, 0.25) is 0 Å². The van der Waals surface area contributed by atoms with Crippen molar-refractivity contribution in [1.29, 1.82) is 0 Å². The summed E-state index contributed by atoms with van der Waals surface area (Å²) in [6.45, 7) is 8.95. The van der Waals surface area contributed by atoms with Crippen molar-refractivity contribution in [1.82, 2.24) is 15.1 Å². The zero-order valence-electron chi connectivity index (χ0n) is 14.1. The Morgan fingerprint density at radius 2 is 1.83 bits per heavy atom. The standard InChI is InChI=1S/C17H28N4O.ClH/c1-14(13-21-9-7-20(2)8-10-21)12-19-17(22)16-5-3-15(11-18)4-6-16;/h3-6,14H,7-13,18H2,1-2H3,(H,19,22);1H. The number of benzene rings is 1. The van der Waals surface area contributed by atoms with Crippen LogP contribution in [0.1, 0.15) is 22.8 Å². The van der Waals surface area contributed by atoms with Crippen molar-refractivity contribution in [2.75, 3.05) is 46.3 Å². The van der Waals surface area contributed by atoms with E-state index in [-0.39, 0.29) is 18.3 Å². The van der Waals surface area contributed by atoms with Crippen molar-refractivity contribution in [3.8, 4) is 0 Å². The van der Waals surface area contributed by atoms with Crippen molar-refractivity contribution >= 4 is 18.3 Å². The van der Waals surface area contributed by atoms with Crippen LogP contribution in [-0.2, 0) is 6.54 Å². The number of rotatable bonds is 6. The second-order valence-electron chi connectivity index (χ2n) is 6.32. The molecule has 1 heterocycles. The average molecular weight is 341 g/mol. The van der Waals surface area contributed by atoms with Gasteiger partial charge in [0.25, 0.3) is 5.91 Å². The Bertz CT molecular complexity index is 472. The third kappa shape index (κ3) is 6.47. The number of nitrogens with one attached hydrogen (secondary N) is 1. The van der Waals surface area contributed by atoms with Crippen molar-refractivity contribution in [3.05, 3.63) is 35.4 Å². The van der Waals surface area contributed by atoms with Crippen molar-refractivity contribution < 1.29 is 4.79 Å². The third-order valence-electron chi connectivity index (χ3n) is 4.23. The minimum Gasteiger partial charge on any atom is -0.352 e. The Balaban J connectivity index is 0.00000264. The highest BCUT2D eigenvalue weighted by atomic mass is 35.5. The lowest BCUT2D eigenvalue weighted by Crippen LogP contribution is -2.46. The van der Waals surface area contributed by atoms with E-state index in [2.05, 4.69) is 29.1 Å². The van der Waals surface area contributed by atoms with E-state index in [0.717, 1.165) is 38.3 Å². The van der Waals surface area contributed by atoms with E-state index in [1.165, 1.54) is 0 Å². The maximum Gasteiger partial charge on any atom is 0.251 e. The lowest BCUT2D eigenvalue weighted by Gasteiger charge is -2.33. The molecule has 1 amide bonds. The first-order valence-electron chi connectivity index (χ1n) is 8.06. The molecule has 0 bridgehead atoms. The van der Waals surface area contributed by atoms with Gasteiger partial charge in [-0.05, 0) is 30.7 Å². The molecule has 0 spiro atoms. The first kappa shape index (κ1) is 19.9. The van der Waals surface area contributed by atoms with Gasteiger partial charge in [0.05, 0.1) is 0 Å². The quantitative estimate of drug-likeness (QED) is 0.816. The predicted octanol–water partition coefficient (Wildman–Crippen LogP) is 1.18. The van der Waals surface area contributed by atoms with Crippen LogP contribution in [0.15, 0.2) is 24.3 Å². The summed E-state index contributed by atoms with van der Waals surface area (Å²) >= 11 is 0. The molecule has 0 radical (unpaired) electrons. The highest BCUT2D eigenvalue weighted by Gasteiger charge is 2.16. The Morgan fingerprint density at radius 1 is 1.22 bits per heavy atom. The SMILES string of the molecule is CC(CNC(=O)c1ccc(CN)cc1)CN1CCN(C)CC1.Cl. The zero-order chi connectivity index (χ0) is 15.9. The summed E-state index contributed by atoms with van der Waals surface area (Å²) in [6, 6.07) is 7.48. The molecule has 5 nitrogen and oxygen atoms in total. The second-order valence-corrected chi connectivity index (χ2v) is 6.32. The van der Waals surface area contributed by atoms with E-state index >= 15 is 0 Å². The van der Waals surface area contributed by atoms with E-state index < -0.39 is 0 Å². The van der Waals surface area contributed by atoms with Gasteiger partial charge in [-0.2, -0.15) is 0 Å². The third-order valence-corrected chi connectivity index (χ3v) is 4.23. The smallest absolute Gasteiger partial charge is 0.251 e. The molecule has 1 aliphatic heterocycles. The summed E-state index contributed by atoms with van der Waals surface area (Å²) in [5.74, 6) is 0.449. The van der Waals surface area contributed by atoms with Gasteiger partial charge in [0, 0.05) is 51.4 Å². The van der Waals surface area contributed by atoms with Gasteiger partial charge in [-0.3, -0.25) is 4.79 Å². The number of halogens is 1. The molecule has 0 aliphatic carbocycles. The highest BCUT2D eigenvalue weighted by molar-refractivity contribution is 5.94. The largest absolute Gasteiger partial charge is 0.352 e. The summed E-state index contributed by atoms with van der Waals surface area (Å²) in [5.41, 5.74) is 7.30. The number of carbonyl (C=O) groups excluding carboxylic acids is 1. The normalized spacial score (nSPS) is 17.3. The molecule has 1 saturated heterocycles. The summed E-state index contributed by atoms with van der Waals surface area (Å²) in [6.07, 6.45) is 0. The van der Waals surface area contributed by atoms with Gasteiger partial charge >= 0.3 is 0 Å². The Morgan fingerprint density at radius 3 is 2.39 bits per heavy atom. The minimum atomic E-state index is -0.00574. The van der Waals surface area contributed by atoms with Gasteiger partial charge in [0.2, 0.25) is 0 Å². The van der Waals surface area contributed by atoms with Crippen LogP contribution in [0.3, 0.4) is 0 Å². The maximum atomic E-state index is 12.1. The fourth-order valence-corrected chi connectivity index (χ4v) is 2.70. The van der Waals surface area contributed by atoms with E-state index in [0.29, 0.717) is 24.6 Å². The zero-order valence-corrected chi connectivity index (χ0v) is 14.9. The Hall–Kier alpha value is -1.14. The van der Waals surface area contributed by atoms with E-state index in [1.807, 2.05) is 24.3 Å². The van der Waals surface area contributed by atoms with Gasteiger partial charge in [-0.1, -0.05) is 19.1 Å². The van der Waals surface area contributed by atoms with Crippen LogP contribution in [0.25, 0.3) is 0 Å². The molecule has 23 heavy (non-hydrogen) atoms. The fourth-order valence-electron chi connectivity index (χ4n) is 2.70. The number of amides is 1. The molecule has 1 aromatic carbocycles. The molecule has 0 saturated carbocycles. The summed E-state index contributed by atoms with van der Waals surface area (Å²) in [5, 5.41) is 3.03. The van der Waals surface area contributed by atoms with Crippen molar-refractivity contribution in [2.45, 2.75) is 13.5 Å². The van der Waals surface area contributed by atoms with E-state index in [1.54, 1.807) is 0 Å². The molecule has 130 valence electrons. The molecule has 3 N–H and O–H groups in total. The second kappa shape index (κ2) is 9.88. The summed E-state index contributed by atoms with van der Waals surface area (Å²) in [4.78, 5) is 17.0. The summed E-state index contributed by atoms with van der Waals surface area (Å²) in [7, 11) is 2.16. The van der Waals surface area contributed by atoms with E-state index in [9.17, 15) is 4.79 Å². The predicted molar refractivity (Wildman–Crippen MR) is 97.0 cm³/mol. The number of piperazine rings is 1. The van der Waals surface area contributed by atoms with Gasteiger partial charge in [-0.15, -0.1) is 12.4 Å². The van der Waals surface area contributed by atoms with Crippen LogP contribution in [-0.4, -0.2) is 62.0 Å². The van der Waals surface area contributed by atoms with Crippen LogP contribution in [0.4, 0.5) is 0 Å². The van der Waals surface area contributed by atoms with Crippen LogP contribution in [0.5, 0.6) is 0 Å². The lowest BCUT2D eigenvalue weighted by atomic mass is 10.1. The lowest BCUT2D eigenvalue weighted by molar-refractivity contribution is 0.0937. The monoisotopic (exact) mass is 340 g/mol. The molecule has 2 rings (SSSR count). The first-order valence-corrected chi connectivity index (χ1v) is 8.06. The number of hydrogen-bond acceptors (Lipinski definition) is 4. The molecule has 1 atom stereocenters. The molecule has 1 fully saturated rings. The molecular formula is C17H29ClN4O. The number of likely N-dealkylation sites (N-methyl/N-ethyl adjacent to an activating group) is 1. The molecule has 0 aromatic heterocycles. The van der Waals surface area contributed by atoms with Crippen molar-refractivity contribution in [3.63, 3.8) is 0 Å². The summed E-state index contributed by atoms with van der Waals surface area (Å²) < 4.78 is 0. The first-order chi connectivity index (χ1) is 10.6. The van der Waals surface area contributed by atoms with Gasteiger partial charge in [-0.25, -0.2) is 0 Å². The van der Waals surface area contributed by atoms with Crippen LogP contribution >= 0.6 is 12.4 Å². The van der Waals surface area contributed by atoms with Gasteiger partial charge in [0.1, 0.15) is 0 Å². The number of nitrogens with two attached hydrogens (primary N) is 1. The van der Waals surface area contributed by atoms with Crippen LogP contribution < -0.4 is 11.1 Å². The molecular weight excluding hydrogens is 312 g/mol. The number of nitrogens with zero attached hydrogens (tertiary/aromatic N) is 2. The fraction of sp³-hybridized carbons (Fsp3) is 0.588. The average Bonchev–Trinajstić information content (AvgIpc) is 2.55. The number of carbonyl (C=O) groups is 1. The molecule has 1 unspecified atom stereocenters. The van der Waals surface area contributed by atoms with Gasteiger partial charge in [0.15, 0.2) is 0 Å². The molecule has 1 aliphatic rings. The highest BCUT2D eigenvalue weighted by Crippen LogP contribution is 2.06. The topological polar surface area (TPSA) is 61.6 Å². The Labute approximate surface area is 145 Å². The van der Waals surface area contributed by atoms with E-state index in [4.69, 9.17) is 5.73 Å². The molecule has 6 heteroatoms. The van der Waals surface area contributed by atoms with Crippen LogP contribution in [0, 0.1) is 5.92 Å². The van der Waals surface area contributed by atoms with Crippen molar-refractivity contribution in [2.24, 2.45) is 11.7 Å². The van der Waals surface area contributed by atoms with Gasteiger partial charge < -0.3 is 20.9 Å². The Kier molecular flexibility index (Phi) is 8.55. The number of hydrogen-bond donors (Lipinski definition) is 2. The molecule has 1 aromatic rings. The maximum absolute atomic E-state index is 12.1. The minimum absolute atomic E-state index is 0.